The first-order chi connectivity index (χ1) is 8.02. The lowest BCUT2D eigenvalue weighted by Crippen LogP contribution is -2.36. The van der Waals surface area contributed by atoms with Gasteiger partial charge in [0.25, 0.3) is 0 Å². The standard InChI is InChI=1S/C15H24N2/c1-11-4-5-14(13(3)12(11)2)6-9-17-10-15(16)7-8-15/h4-5,17H,6-10,16H2,1-3H3. The SMILES string of the molecule is Cc1ccc(CCNCC2(N)CC2)c(C)c1C. The molecule has 0 unspecified atom stereocenters. The second-order valence-electron chi connectivity index (χ2n) is 5.58. The summed E-state index contributed by atoms with van der Waals surface area (Å²) in [4.78, 5) is 0. The van der Waals surface area contributed by atoms with Crippen molar-refractivity contribution >= 4 is 0 Å². The fourth-order valence-electron chi connectivity index (χ4n) is 2.18. The normalized spacial score (nSPS) is 17.2. The van der Waals surface area contributed by atoms with Crippen molar-refractivity contribution in [3.05, 3.63) is 34.4 Å². The van der Waals surface area contributed by atoms with Crippen LogP contribution in [0.1, 0.15) is 35.1 Å². The predicted molar refractivity (Wildman–Crippen MR) is 73.4 cm³/mol. The maximum absolute atomic E-state index is 6.04. The summed E-state index contributed by atoms with van der Waals surface area (Å²) in [6.45, 7) is 8.61. The van der Waals surface area contributed by atoms with E-state index in [2.05, 4.69) is 38.2 Å². The van der Waals surface area contributed by atoms with Crippen LogP contribution in [0.4, 0.5) is 0 Å². The monoisotopic (exact) mass is 232 g/mol. The van der Waals surface area contributed by atoms with Crippen molar-refractivity contribution in [3.63, 3.8) is 0 Å². The van der Waals surface area contributed by atoms with E-state index in [1.807, 2.05) is 0 Å². The van der Waals surface area contributed by atoms with Gasteiger partial charge in [0.2, 0.25) is 0 Å². The third kappa shape index (κ3) is 3.08. The van der Waals surface area contributed by atoms with Crippen LogP contribution in [0.15, 0.2) is 12.1 Å². The van der Waals surface area contributed by atoms with Crippen molar-refractivity contribution in [2.75, 3.05) is 13.1 Å². The number of rotatable bonds is 5. The molecular formula is C15H24N2. The molecule has 1 aliphatic carbocycles. The Hall–Kier alpha value is -0.860. The van der Waals surface area contributed by atoms with Gasteiger partial charge in [-0.2, -0.15) is 0 Å². The van der Waals surface area contributed by atoms with Gasteiger partial charge in [0.05, 0.1) is 0 Å². The second-order valence-corrected chi connectivity index (χ2v) is 5.58. The highest BCUT2D eigenvalue weighted by Gasteiger charge is 2.37. The maximum Gasteiger partial charge on any atom is 0.0282 e. The smallest absolute Gasteiger partial charge is 0.0282 e. The number of nitrogens with one attached hydrogen (secondary N) is 1. The molecule has 0 radical (unpaired) electrons. The van der Waals surface area contributed by atoms with Crippen LogP contribution in [0, 0.1) is 20.8 Å². The van der Waals surface area contributed by atoms with Crippen molar-refractivity contribution in [3.8, 4) is 0 Å². The third-order valence-corrected chi connectivity index (χ3v) is 4.11. The average molecular weight is 232 g/mol. The van der Waals surface area contributed by atoms with Crippen LogP contribution in [0.25, 0.3) is 0 Å². The van der Waals surface area contributed by atoms with Crippen molar-refractivity contribution in [2.24, 2.45) is 5.73 Å². The Bertz CT molecular complexity index is 406. The van der Waals surface area contributed by atoms with Gasteiger partial charge in [-0.25, -0.2) is 0 Å². The van der Waals surface area contributed by atoms with E-state index in [0.29, 0.717) is 0 Å². The maximum atomic E-state index is 6.04. The zero-order chi connectivity index (χ0) is 12.5. The minimum atomic E-state index is 0.123. The Morgan fingerprint density at radius 1 is 1.18 bits per heavy atom. The van der Waals surface area contributed by atoms with E-state index in [1.54, 1.807) is 0 Å². The van der Waals surface area contributed by atoms with E-state index in [1.165, 1.54) is 35.1 Å². The number of aryl methyl sites for hydroxylation is 1. The van der Waals surface area contributed by atoms with Crippen LogP contribution in [-0.4, -0.2) is 18.6 Å². The van der Waals surface area contributed by atoms with E-state index in [-0.39, 0.29) is 5.54 Å². The second kappa shape index (κ2) is 4.79. The Morgan fingerprint density at radius 2 is 1.88 bits per heavy atom. The van der Waals surface area contributed by atoms with Gasteiger partial charge in [-0.05, 0) is 68.8 Å². The highest BCUT2D eigenvalue weighted by Crippen LogP contribution is 2.30. The number of hydrogen-bond donors (Lipinski definition) is 2. The molecule has 17 heavy (non-hydrogen) atoms. The van der Waals surface area contributed by atoms with Crippen molar-refractivity contribution in [1.82, 2.24) is 5.32 Å². The van der Waals surface area contributed by atoms with Crippen LogP contribution in [0.5, 0.6) is 0 Å². The highest BCUT2D eigenvalue weighted by molar-refractivity contribution is 5.38. The molecule has 1 saturated carbocycles. The van der Waals surface area contributed by atoms with E-state index >= 15 is 0 Å². The minimum absolute atomic E-state index is 0.123. The van der Waals surface area contributed by atoms with E-state index in [0.717, 1.165) is 19.5 Å². The molecule has 94 valence electrons. The summed E-state index contributed by atoms with van der Waals surface area (Å²) in [5, 5.41) is 3.47. The van der Waals surface area contributed by atoms with Gasteiger partial charge in [-0.1, -0.05) is 12.1 Å². The average Bonchev–Trinajstić information content (AvgIpc) is 3.03. The number of benzene rings is 1. The summed E-state index contributed by atoms with van der Waals surface area (Å²) < 4.78 is 0. The molecule has 0 amide bonds. The van der Waals surface area contributed by atoms with Gasteiger partial charge in [-0.15, -0.1) is 0 Å². The molecule has 0 saturated heterocycles. The topological polar surface area (TPSA) is 38.0 Å². The molecule has 2 nitrogen and oxygen atoms in total. The van der Waals surface area contributed by atoms with Gasteiger partial charge >= 0.3 is 0 Å². The van der Waals surface area contributed by atoms with Crippen LogP contribution in [0.3, 0.4) is 0 Å². The highest BCUT2D eigenvalue weighted by atomic mass is 15.0. The number of nitrogens with two attached hydrogens (primary N) is 1. The zero-order valence-corrected chi connectivity index (χ0v) is 11.3. The first-order valence-electron chi connectivity index (χ1n) is 6.57. The third-order valence-electron chi connectivity index (χ3n) is 4.11. The molecule has 0 aromatic heterocycles. The molecule has 2 rings (SSSR count). The van der Waals surface area contributed by atoms with Crippen molar-refractivity contribution < 1.29 is 0 Å². The lowest BCUT2D eigenvalue weighted by Gasteiger charge is -2.13. The molecule has 1 fully saturated rings. The fraction of sp³-hybridized carbons (Fsp3) is 0.600. The summed E-state index contributed by atoms with van der Waals surface area (Å²) in [5.41, 5.74) is 11.9. The Labute approximate surface area is 105 Å². The Balaban J connectivity index is 1.84. The van der Waals surface area contributed by atoms with Gasteiger partial charge in [0.1, 0.15) is 0 Å². The largest absolute Gasteiger partial charge is 0.324 e. The van der Waals surface area contributed by atoms with Crippen LogP contribution < -0.4 is 11.1 Å². The lowest BCUT2D eigenvalue weighted by atomic mass is 9.97. The Morgan fingerprint density at radius 3 is 2.53 bits per heavy atom. The quantitative estimate of drug-likeness (QED) is 0.764. The molecule has 0 spiro atoms. The molecule has 1 aromatic rings. The molecule has 1 aliphatic rings. The lowest BCUT2D eigenvalue weighted by molar-refractivity contribution is 0.570. The molecule has 1 aromatic carbocycles. The zero-order valence-electron chi connectivity index (χ0n) is 11.3. The number of hydrogen-bond acceptors (Lipinski definition) is 2. The van der Waals surface area contributed by atoms with Crippen LogP contribution in [-0.2, 0) is 6.42 Å². The van der Waals surface area contributed by atoms with Gasteiger partial charge < -0.3 is 11.1 Å². The van der Waals surface area contributed by atoms with Crippen molar-refractivity contribution in [1.29, 1.82) is 0 Å². The van der Waals surface area contributed by atoms with E-state index in [4.69, 9.17) is 5.73 Å². The first-order valence-corrected chi connectivity index (χ1v) is 6.57. The molecule has 0 aliphatic heterocycles. The molecule has 0 bridgehead atoms. The molecule has 2 heteroatoms. The van der Waals surface area contributed by atoms with Gasteiger partial charge in [-0.3, -0.25) is 0 Å². The van der Waals surface area contributed by atoms with Crippen LogP contribution >= 0.6 is 0 Å². The van der Waals surface area contributed by atoms with Crippen molar-refractivity contribution in [2.45, 2.75) is 45.6 Å². The minimum Gasteiger partial charge on any atom is -0.324 e. The molecule has 0 heterocycles. The first kappa shape index (κ1) is 12.6. The van der Waals surface area contributed by atoms with Gasteiger partial charge in [0.15, 0.2) is 0 Å². The molecule has 3 N–H and O–H groups in total. The summed E-state index contributed by atoms with van der Waals surface area (Å²) in [6, 6.07) is 4.48. The predicted octanol–water partition coefficient (Wildman–Crippen LogP) is 2.24. The molecule has 0 atom stereocenters. The summed E-state index contributed by atoms with van der Waals surface area (Å²) in [6.07, 6.45) is 3.47. The summed E-state index contributed by atoms with van der Waals surface area (Å²) >= 11 is 0. The Kier molecular flexibility index (Phi) is 3.55. The molecular weight excluding hydrogens is 208 g/mol. The summed E-state index contributed by atoms with van der Waals surface area (Å²) in [7, 11) is 0. The fourth-order valence-corrected chi connectivity index (χ4v) is 2.18. The van der Waals surface area contributed by atoms with E-state index in [9.17, 15) is 0 Å². The van der Waals surface area contributed by atoms with E-state index < -0.39 is 0 Å². The van der Waals surface area contributed by atoms with Gasteiger partial charge in [0, 0.05) is 12.1 Å². The van der Waals surface area contributed by atoms with Crippen LogP contribution in [0.2, 0.25) is 0 Å². The summed E-state index contributed by atoms with van der Waals surface area (Å²) in [5.74, 6) is 0.